The van der Waals surface area contributed by atoms with E-state index in [2.05, 4.69) is 24.8 Å². The van der Waals surface area contributed by atoms with Crippen molar-refractivity contribution in [1.29, 1.82) is 0 Å². The van der Waals surface area contributed by atoms with Gasteiger partial charge in [-0.1, -0.05) is 0 Å². The molecular weight excluding hydrogens is 306 g/mol. The highest BCUT2D eigenvalue weighted by Crippen LogP contribution is 2.13. The van der Waals surface area contributed by atoms with Crippen molar-refractivity contribution in [2.75, 3.05) is 13.1 Å². The predicted octanol–water partition coefficient (Wildman–Crippen LogP) is 0.616. The summed E-state index contributed by atoms with van der Waals surface area (Å²) >= 11 is 0. The second-order valence-corrected chi connectivity index (χ2v) is 5.67. The Kier molecular flexibility index (Phi) is 3.78. The average Bonchev–Trinajstić information content (AvgIpc) is 3.21. The Morgan fingerprint density at radius 2 is 1.96 bits per heavy atom. The molecular formula is C16H17N7O. The van der Waals surface area contributed by atoms with Crippen molar-refractivity contribution in [3.8, 4) is 0 Å². The lowest BCUT2D eigenvalue weighted by molar-refractivity contribution is 0.0758. The summed E-state index contributed by atoms with van der Waals surface area (Å²) in [6.07, 6.45) is 7.62. The van der Waals surface area contributed by atoms with Crippen molar-refractivity contribution in [3.05, 3.63) is 60.2 Å². The quantitative estimate of drug-likeness (QED) is 0.705. The Morgan fingerprint density at radius 1 is 1.08 bits per heavy atom. The van der Waals surface area contributed by atoms with Crippen LogP contribution in [-0.4, -0.2) is 53.4 Å². The van der Waals surface area contributed by atoms with E-state index in [1.807, 2.05) is 21.8 Å². The Balaban J connectivity index is 1.50. The van der Waals surface area contributed by atoms with Gasteiger partial charge in [-0.2, -0.15) is 5.10 Å². The van der Waals surface area contributed by atoms with E-state index in [9.17, 15) is 4.79 Å². The van der Waals surface area contributed by atoms with Gasteiger partial charge < -0.3 is 9.47 Å². The minimum Gasteiger partial charge on any atom is -0.336 e. The molecule has 3 aromatic rings. The van der Waals surface area contributed by atoms with Gasteiger partial charge in [-0.3, -0.25) is 14.5 Å². The third-order valence-corrected chi connectivity index (χ3v) is 4.18. The molecule has 1 aliphatic rings. The lowest BCUT2D eigenvalue weighted by atomic mass is 10.2. The first-order valence-corrected chi connectivity index (χ1v) is 7.89. The van der Waals surface area contributed by atoms with Gasteiger partial charge in [0.2, 0.25) is 0 Å². The third kappa shape index (κ3) is 2.78. The first-order chi connectivity index (χ1) is 11.8. The molecule has 4 heterocycles. The maximum absolute atomic E-state index is 12.6. The highest BCUT2D eigenvalue weighted by atomic mass is 16.2. The number of pyridine rings is 1. The Labute approximate surface area is 138 Å². The van der Waals surface area contributed by atoms with E-state index in [1.54, 1.807) is 30.7 Å². The van der Waals surface area contributed by atoms with Gasteiger partial charge in [-0.25, -0.2) is 0 Å². The van der Waals surface area contributed by atoms with Gasteiger partial charge in [-0.05, 0) is 18.2 Å². The number of hydrogen-bond acceptors (Lipinski definition) is 5. The lowest BCUT2D eigenvalue weighted by Crippen LogP contribution is -2.33. The predicted molar refractivity (Wildman–Crippen MR) is 85.2 cm³/mol. The molecule has 0 aliphatic carbocycles. The summed E-state index contributed by atoms with van der Waals surface area (Å²) < 4.78 is 3.92. The molecule has 0 unspecified atom stereocenters. The highest BCUT2D eigenvalue weighted by molar-refractivity contribution is 5.94. The van der Waals surface area contributed by atoms with E-state index in [1.165, 1.54) is 0 Å². The first kappa shape index (κ1) is 14.6. The van der Waals surface area contributed by atoms with E-state index in [-0.39, 0.29) is 5.91 Å². The Hall–Kier alpha value is -3.03. The summed E-state index contributed by atoms with van der Waals surface area (Å²) in [5.74, 6) is 1.82. The molecule has 0 radical (unpaired) electrons. The van der Waals surface area contributed by atoms with Crippen LogP contribution < -0.4 is 0 Å². The van der Waals surface area contributed by atoms with Crippen molar-refractivity contribution in [2.45, 2.75) is 19.5 Å². The lowest BCUT2D eigenvalue weighted by Gasteiger charge is -2.20. The molecule has 1 amide bonds. The molecule has 8 nitrogen and oxygen atoms in total. The zero-order chi connectivity index (χ0) is 16.4. The molecule has 0 spiro atoms. The third-order valence-electron chi connectivity index (χ3n) is 4.18. The van der Waals surface area contributed by atoms with E-state index in [0.717, 1.165) is 11.6 Å². The molecule has 8 heteroatoms. The molecule has 0 bridgehead atoms. The summed E-state index contributed by atoms with van der Waals surface area (Å²) in [7, 11) is 0. The van der Waals surface area contributed by atoms with Crippen LogP contribution in [0.25, 0.3) is 0 Å². The smallest absolute Gasteiger partial charge is 0.254 e. The standard InChI is InChI=1S/C16H17N7O/c24-16(13-2-6-17-7-3-13)21-9-4-14-19-20-15(23(14)11-10-21)12-22-8-1-5-18-22/h1-3,5-8H,4,9-12H2. The molecule has 0 saturated carbocycles. The van der Waals surface area contributed by atoms with Crippen LogP contribution in [-0.2, 0) is 19.5 Å². The van der Waals surface area contributed by atoms with Gasteiger partial charge in [0, 0.05) is 56.4 Å². The van der Waals surface area contributed by atoms with Crippen molar-refractivity contribution < 1.29 is 4.79 Å². The molecule has 122 valence electrons. The van der Waals surface area contributed by atoms with Gasteiger partial charge in [0.05, 0.1) is 0 Å². The van der Waals surface area contributed by atoms with Crippen LogP contribution >= 0.6 is 0 Å². The number of hydrogen-bond donors (Lipinski definition) is 0. The van der Waals surface area contributed by atoms with Crippen molar-refractivity contribution >= 4 is 5.91 Å². The molecule has 0 aromatic carbocycles. The first-order valence-electron chi connectivity index (χ1n) is 7.89. The fourth-order valence-electron chi connectivity index (χ4n) is 2.92. The fourth-order valence-corrected chi connectivity index (χ4v) is 2.92. The number of fused-ring (bicyclic) bond motifs is 1. The monoisotopic (exact) mass is 323 g/mol. The van der Waals surface area contributed by atoms with Gasteiger partial charge >= 0.3 is 0 Å². The normalized spacial score (nSPS) is 14.2. The van der Waals surface area contributed by atoms with Gasteiger partial charge in [0.15, 0.2) is 5.82 Å². The zero-order valence-electron chi connectivity index (χ0n) is 13.1. The number of aromatic nitrogens is 6. The Bertz CT molecular complexity index is 826. The molecule has 0 saturated heterocycles. The van der Waals surface area contributed by atoms with Gasteiger partial charge in [0.1, 0.15) is 12.4 Å². The van der Waals surface area contributed by atoms with Crippen molar-refractivity contribution in [3.63, 3.8) is 0 Å². The largest absolute Gasteiger partial charge is 0.336 e. The average molecular weight is 323 g/mol. The zero-order valence-corrected chi connectivity index (χ0v) is 13.1. The second kappa shape index (κ2) is 6.23. The van der Waals surface area contributed by atoms with Crippen LogP contribution in [0.5, 0.6) is 0 Å². The number of rotatable bonds is 3. The Morgan fingerprint density at radius 3 is 2.75 bits per heavy atom. The number of carbonyl (C=O) groups excluding carboxylic acids is 1. The molecule has 1 aliphatic heterocycles. The molecule has 24 heavy (non-hydrogen) atoms. The summed E-state index contributed by atoms with van der Waals surface area (Å²) in [6, 6.07) is 5.38. The van der Waals surface area contributed by atoms with Gasteiger partial charge in [-0.15, -0.1) is 10.2 Å². The van der Waals surface area contributed by atoms with Crippen LogP contribution in [0.2, 0.25) is 0 Å². The van der Waals surface area contributed by atoms with Crippen LogP contribution in [0.4, 0.5) is 0 Å². The molecule has 3 aromatic heterocycles. The molecule has 0 fully saturated rings. The van der Waals surface area contributed by atoms with E-state index >= 15 is 0 Å². The van der Waals surface area contributed by atoms with Crippen LogP contribution in [0.3, 0.4) is 0 Å². The maximum Gasteiger partial charge on any atom is 0.254 e. The molecule has 0 N–H and O–H groups in total. The highest BCUT2D eigenvalue weighted by Gasteiger charge is 2.22. The number of amides is 1. The van der Waals surface area contributed by atoms with E-state index in [0.29, 0.717) is 38.2 Å². The number of carbonyl (C=O) groups is 1. The summed E-state index contributed by atoms with van der Waals surface area (Å²) in [5.41, 5.74) is 0.666. The summed E-state index contributed by atoms with van der Waals surface area (Å²) in [5, 5.41) is 12.8. The van der Waals surface area contributed by atoms with Crippen molar-refractivity contribution in [2.24, 2.45) is 0 Å². The van der Waals surface area contributed by atoms with E-state index in [4.69, 9.17) is 0 Å². The summed E-state index contributed by atoms with van der Waals surface area (Å²) in [6.45, 7) is 2.55. The second-order valence-electron chi connectivity index (χ2n) is 5.67. The van der Waals surface area contributed by atoms with Crippen LogP contribution in [0, 0.1) is 0 Å². The maximum atomic E-state index is 12.6. The van der Waals surface area contributed by atoms with Gasteiger partial charge in [0.25, 0.3) is 5.91 Å². The fraction of sp³-hybridized carbons (Fsp3) is 0.312. The topological polar surface area (TPSA) is 81.7 Å². The molecule has 4 rings (SSSR count). The minimum absolute atomic E-state index is 0.0322. The van der Waals surface area contributed by atoms with E-state index < -0.39 is 0 Å². The minimum atomic E-state index is 0.0322. The van der Waals surface area contributed by atoms with Crippen LogP contribution in [0.1, 0.15) is 22.0 Å². The number of nitrogens with zero attached hydrogens (tertiary/aromatic N) is 7. The van der Waals surface area contributed by atoms with Crippen LogP contribution in [0.15, 0.2) is 43.0 Å². The molecule has 0 atom stereocenters. The SMILES string of the molecule is O=C(c1ccncc1)N1CCc2nnc(Cn3cccn3)n2CC1. The summed E-state index contributed by atoms with van der Waals surface area (Å²) in [4.78, 5) is 18.4. The van der Waals surface area contributed by atoms with Crippen molar-refractivity contribution in [1.82, 2.24) is 34.4 Å².